The van der Waals surface area contributed by atoms with Crippen LogP contribution in [0, 0.1) is 5.92 Å². The molecule has 2 atom stereocenters. The summed E-state index contributed by atoms with van der Waals surface area (Å²) in [6, 6.07) is 9.48. The van der Waals surface area contributed by atoms with Crippen molar-refractivity contribution in [1.29, 1.82) is 0 Å². The lowest BCUT2D eigenvalue weighted by Gasteiger charge is -2.27. The van der Waals surface area contributed by atoms with Crippen molar-refractivity contribution in [2.24, 2.45) is 11.1 Å². The third kappa shape index (κ3) is 4.90. The van der Waals surface area contributed by atoms with Crippen LogP contribution in [-0.4, -0.2) is 37.5 Å². The lowest BCUT2D eigenvalue weighted by atomic mass is 9.74. The van der Waals surface area contributed by atoms with Crippen LogP contribution in [-0.2, 0) is 23.8 Å². The maximum atomic E-state index is 12.4. The molecule has 0 bridgehead atoms. The number of furan rings is 1. The van der Waals surface area contributed by atoms with E-state index < -0.39 is 12.1 Å². The number of cyclic esters (lactones) is 1. The van der Waals surface area contributed by atoms with E-state index in [9.17, 15) is 4.79 Å². The average Bonchev–Trinajstić information content (AvgIpc) is 3.63. The van der Waals surface area contributed by atoms with Crippen LogP contribution < -0.4 is 4.74 Å². The van der Waals surface area contributed by atoms with E-state index in [1.807, 2.05) is 44.2 Å². The second-order valence-electron chi connectivity index (χ2n) is 9.79. The summed E-state index contributed by atoms with van der Waals surface area (Å²) in [5.41, 5.74) is 7.24. The zero-order valence-corrected chi connectivity index (χ0v) is 20.6. The number of ether oxygens (including phenoxy) is 4. The molecule has 6 rings (SSSR count). The van der Waals surface area contributed by atoms with E-state index in [-0.39, 0.29) is 11.9 Å². The third-order valence-corrected chi connectivity index (χ3v) is 6.76. The number of carbonyl (C=O) groups is 1. The number of fused-ring (bicyclic) bond motifs is 1. The van der Waals surface area contributed by atoms with E-state index >= 15 is 0 Å². The highest BCUT2D eigenvalue weighted by molar-refractivity contribution is 5.94. The summed E-state index contributed by atoms with van der Waals surface area (Å²) in [4.78, 5) is 17.8. The van der Waals surface area contributed by atoms with Crippen molar-refractivity contribution in [2.45, 2.75) is 38.8 Å². The van der Waals surface area contributed by atoms with E-state index in [1.54, 1.807) is 25.0 Å². The molecule has 4 aliphatic rings. The number of nitrogens with zero attached hydrogens (tertiary/aromatic N) is 1. The van der Waals surface area contributed by atoms with Crippen molar-refractivity contribution in [2.75, 3.05) is 13.2 Å². The highest BCUT2D eigenvalue weighted by Gasteiger charge is 2.40. The Morgan fingerprint density at radius 3 is 2.92 bits per heavy atom. The number of hydrogen-bond acceptors (Lipinski definition) is 8. The van der Waals surface area contributed by atoms with Crippen LogP contribution in [0.25, 0.3) is 5.57 Å². The highest BCUT2D eigenvalue weighted by Crippen LogP contribution is 2.47. The zero-order chi connectivity index (χ0) is 25.4. The first-order valence-electron chi connectivity index (χ1n) is 12.2. The normalized spacial score (nSPS) is 25.6. The van der Waals surface area contributed by atoms with Crippen LogP contribution in [0.2, 0.25) is 0 Å². The van der Waals surface area contributed by atoms with E-state index in [4.69, 9.17) is 28.2 Å². The SMILES string of the molecule is CC1(C)OC[C@H](ON=Cc2cccc(O/C=C3\C=CC4=C(C3)CC3C(=O)OCC3=C4c3ccoc3)c2)O1. The Labute approximate surface area is 214 Å². The Balaban J connectivity index is 1.14. The van der Waals surface area contributed by atoms with Gasteiger partial charge in [0.1, 0.15) is 19.0 Å². The van der Waals surface area contributed by atoms with Crippen LogP contribution in [0.5, 0.6) is 5.75 Å². The molecule has 0 amide bonds. The van der Waals surface area contributed by atoms with Gasteiger partial charge in [0.15, 0.2) is 5.79 Å². The molecule has 0 saturated carbocycles. The molecule has 2 aliphatic carbocycles. The standard InChI is InChI=1S/C29H27NO7/c1-29(2)35-17-26(36-29)37-30-13-18-4-3-5-22(11-18)33-14-19-6-7-23-21(10-19)12-24-25(16-34-28(24)31)27(23)20-8-9-32-15-20/h3-9,11,13-15,24,26H,10,12,16-17H2,1-2H3/b19-14+,30-13?/t24?,26-/m0/s1. The molecule has 0 radical (unpaired) electrons. The van der Waals surface area contributed by atoms with Gasteiger partial charge in [0, 0.05) is 5.56 Å². The number of benzene rings is 1. The Kier molecular flexibility index (Phi) is 6.06. The highest BCUT2D eigenvalue weighted by atomic mass is 16.9. The monoisotopic (exact) mass is 501 g/mol. The fourth-order valence-electron chi connectivity index (χ4n) is 5.02. The topological polar surface area (TPSA) is 88.7 Å². The Morgan fingerprint density at radius 2 is 2.11 bits per heavy atom. The van der Waals surface area contributed by atoms with Crippen molar-refractivity contribution in [1.82, 2.24) is 0 Å². The first-order valence-corrected chi connectivity index (χ1v) is 12.2. The summed E-state index contributed by atoms with van der Waals surface area (Å²) in [6.45, 7) is 4.33. The fourth-order valence-corrected chi connectivity index (χ4v) is 5.02. The van der Waals surface area contributed by atoms with E-state index in [0.717, 1.165) is 33.4 Å². The molecule has 8 nitrogen and oxygen atoms in total. The van der Waals surface area contributed by atoms with Gasteiger partial charge in [-0.1, -0.05) is 35.0 Å². The van der Waals surface area contributed by atoms with Crippen molar-refractivity contribution < 1.29 is 33.0 Å². The smallest absolute Gasteiger partial charge is 0.313 e. The molecular formula is C29H27NO7. The van der Waals surface area contributed by atoms with Crippen molar-refractivity contribution >= 4 is 17.8 Å². The van der Waals surface area contributed by atoms with Gasteiger partial charge in [-0.2, -0.15) is 0 Å². The number of rotatable bonds is 6. The average molecular weight is 502 g/mol. The summed E-state index contributed by atoms with van der Waals surface area (Å²) >= 11 is 0. The van der Waals surface area contributed by atoms with Gasteiger partial charge in [-0.3, -0.25) is 4.79 Å². The van der Waals surface area contributed by atoms with E-state index in [2.05, 4.69) is 17.3 Å². The van der Waals surface area contributed by atoms with Gasteiger partial charge in [-0.15, -0.1) is 0 Å². The van der Waals surface area contributed by atoms with Gasteiger partial charge in [-0.25, -0.2) is 0 Å². The lowest BCUT2D eigenvalue weighted by Crippen LogP contribution is -2.21. The second-order valence-corrected chi connectivity index (χ2v) is 9.79. The molecule has 8 heteroatoms. The zero-order valence-electron chi connectivity index (χ0n) is 20.6. The van der Waals surface area contributed by atoms with Crippen LogP contribution >= 0.6 is 0 Å². The third-order valence-electron chi connectivity index (χ3n) is 6.76. The molecule has 190 valence electrons. The molecule has 0 spiro atoms. The van der Waals surface area contributed by atoms with Gasteiger partial charge in [0.25, 0.3) is 6.29 Å². The van der Waals surface area contributed by atoms with E-state index in [1.165, 1.54) is 5.57 Å². The van der Waals surface area contributed by atoms with Crippen LogP contribution in [0.1, 0.15) is 37.8 Å². The van der Waals surface area contributed by atoms with Crippen LogP contribution in [0.15, 0.2) is 93.1 Å². The molecule has 2 aliphatic heterocycles. The molecule has 2 fully saturated rings. The number of esters is 1. The van der Waals surface area contributed by atoms with E-state index in [0.29, 0.717) is 31.8 Å². The summed E-state index contributed by atoms with van der Waals surface area (Å²) in [5.74, 6) is -0.376. The molecule has 37 heavy (non-hydrogen) atoms. The molecule has 2 aromatic rings. The van der Waals surface area contributed by atoms with Gasteiger partial charge in [0.05, 0.1) is 30.9 Å². The van der Waals surface area contributed by atoms with Crippen LogP contribution in [0.3, 0.4) is 0 Å². The molecule has 1 unspecified atom stereocenters. The Morgan fingerprint density at radius 1 is 1.19 bits per heavy atom. The van der Waals surface area contributed by atoms with Crippen molar-refractivity contribution in [3.63, 3.8) is 0 Å². The number of oxime groups is 1. The minimum Gasteiger partial charge on any atom is -0.472 e. The Hall–Kier alpha value is -3.88. The largest absolute Gasteiger partial charge is 0.472 e. The maximum Gasteiger partial charge on any atom is 0.313 e. The second kappa shape index (κ2) is 9.53. The number of hydrogen-bond donors (Lipinski definition) is 0. The van der Waals surface area contributed by atoms with Crippen molar-refractivity contribution in [3.8, 4) is 5.75 Å². The molecule has 0 N–H and O–H groups in total. The summed E-state index contributed by atoms with van der Waals surface area (Å²) < 4.78 is 27.7. The maximum absolute atomic E-state index is 12.4. The predicted molar refractivity (Wildman–Crippen MR) is 134 cm³/mol. The Bertz CT molecular complexity index is 1360. The lowest BCUT2D eigenvalue weighted by molar-refractivity contribution is -0.190. The summed E-state index contributed by atoms with van der Waals surface area (Å²) in [5, 5.41) is 4.02. The molecule has 3 heterocycles. The fraction of sp³-hybridized carbons (Fsp3) is 0.310. The van der Waals surface area contributed by atoms with Crippen molar-refractivity contribution in [3.05, 3.63) is 94.7 Å². The molecule has 2 saturated heterocycles. The van der Waals surface area contributed by atoms with Gasteiger partial charge in [-0.05, 0) is 72.7 Å². The minimum absolute atomic E-state index is 0.155. The van der Waals surface area contributed by atoms with Gasteiger partial charge >= 0.3 is 5.97 Å². The number of carbonyl (C=O) groups excluding carboxylic acids is 1. The summed E-state index contributed by atoms with van der Waals surface area (Å²) in [6.07, 6.45) is 11.7. The predicted octanol–water partition coefficient (Wildman–Crippen LogP) is 5.29. The summed E-state index contributed by atoms with van der Waals surface area (Å²) in [7, 11) is 0. The van der Waals surface area contributed by atoms with Gasteiger partial charge < -0.3 is 28.2 Å². The first kappa shape index (κ1) is 23.5. The minimum atomic E-state index is -0.663. The van der Waals surface area contributed by atoms with Gasteiger partial charge in [0.2, 0.25) is 0 Å². The first-order chi connectivity index (χ1) is 17.9. The molecule has 1 aromatic heterocycles. The molecular weight excluding hydrogens is 474 g/mol. The number of allylic oxidation sites excluding steroid dienone is 6. The molecule has 1 aromatic carbocycles. The van der Waals surface area contributed by atoms with Crippen LogP contribution in [0.4, 0.5) is 0 Å². The quantitative estimate of drug-likeness (QED) is 0.230.